The van der Waals surface area contributed by atoms with E-state index in [0.29, 0.717) is 33.0 Å². The first kappa shape index (κ1) is 85.3. The summed E-state index contributed by atoms with van der Waals surface area (Å²) < 4.78 is 239. The predicted octanol–water partition coefficient (Wildman–Crippen LogP) is 17.1. The third kappa shape index (κ3) is 18.6. The summed E-state index contributed by atoms with van der Waals surface area (Å²) in [5, 5.41) is 27.3. The number of hydrogen-bond acceptors (Lipinski definition) is 17. The van der Waals surface area contributed by atoms with Gasteiger partial charge in [0.05, 0.1) is 43.9 Å². The number of nitrogens with zero attached hydrogens (tertiary/aromatic N) is 4. The maximum absolute atomic E-state index is 13.9. The summed E-state index contributed by atoms with van der Waals surface area (Å²) in [6.45, 7) is 8.64. The van der Waals surface area contributed by atoms with E-state index in [9.17, 15) is 73.2 Å². The van der Waals surface area contributed by atoms with Crippen LogP contribution in [0, 0.1) is 12.7 Å². The summed E-state index contributed by atoms with van der Waals surface area (Å²) in [5.41, 5.74) is 2.62. The molecule has 21 nitrogen and oxygen atoms in total. The predicted molar refractivity (Wildman–Crippen MR) is 441 cm³/mol. The first-order chi connectivity index (χ1) is 56.1. The molecule has 4 fully saturated rings. The fourth-order valence-corrected chi connectivity index (χ4v) is 21.4. The fourth-order valence-electron chi connectivity index (χ4n) is 15.0. The highest BCUT2D eigenvalue weighted by atomic mass is 79.9. The van der Waals surface area contributed by atoms with E-state index < -0.39 is 71.6 Å². The van der Waals surface area contributed by atoms with Crippen LogP contribution in [0.25, 0.3) is 43.6 Å². The number of rotatable bonds is 21. The van der Waals surface area contributed by atoms with Crippen molar-refractivity contribution in [3.8, 4) is 5.75 Å². The van der Waals surface area contributed by atoms with Crippen LogP contribution in [0.5, 0.6) is 5.75 Å². The maximum Gasteiger partial charge on any atom is 0.269 e. The van der Waals surface area contributed by atoms with Crippen LogP contribution in [0.4, 0.5) is 62.3 Å². The minimum absolute atomic E-state index is 0.00210. The molecule has 622 valence electrons. The highest BCUT2D eigenvalue weighted by Gasteiger charge is 2.33. The smallest absolute Gasteiger partial charge is 0.269 e. The molecule has 8 aromatic carbocycles. The van der Waals surface area contributed by atoms with Gasteiger partial charge in [-0.3, -0.25) is 0 Å². The SMILES string of the molecule is COc1ccc(S(=O)(=O)n2cc(C(F)F)c3c(NC4CCNCC4)cccc32)cc1.Cc1ccc(S(=O)(=O)n2cc(C(F)F)c3c(NC4CCNCC4)cccc32)cc1.O=S(=O)(c1ccc(F)cc1)n1cc(C(F)F)c2c(NC3CCNCC3)cccc21.O=S(=O)(c1ccccc1Br)n1cc(C(F)F)c2c(NC3CCNCC3)cccc21. The number of fused-ring (bicyclic) bond motifs is 4. The Labute approximate surface area is 680 Å². The zero-order valence-corrected chi connectivity index (χ0v) is 68.1. The van der Waals surface area contributed by atoms with E-state index in [1.165, 1.54) is 55.6 Å². The molecule has 0 saturated carbocycles. The quantitative estimate of drug-likeness (QED) is 0.0311. The van der Waals surface area contributed by atoms with Crippen LogP contribution in [-0.4, -0.2) is 133 Å². The van der Waals surface area contributed by atoms with Crippen molar-refractivity contribution in [3.63, 3.8) is 0 Å². The van der Waals surface area contributed by atoms with Gasteiger partial charge in [-0.25, -0.2) is 89.1 Å². The van der Waals surface area contributed by atoms with Gasteiger partial charge in [0.2, 0.25) is 0 Å². The molecule has 0 spiro atoms. The van der Waals surface area contributed by atoms with Gasteiger partial charge >= 0.3 is 0 Å². The molecule has 0 amide bonds. The molecular formula is C82H86BrF9N12O9S4. The lowest BCUT2D eigenvalue weighted by molar-refractivity contribution is 0.152. The van der Waals surface area contributed by atoms with Gasteiger partial charge in [-0.2, -0.15) is 0 Å². The Morgan fingerprint density at radius 2 is 0.624 bits per heavy atom. The minimum Gasteiger partial charge on any atom is -0.497 e. The number of anilines is 4. The molecular weight excluding hydrogens is 1680 g/mol. The molecule has 4 aliphatic heterocycles. The van der Waals surface area contributed by atoms with Gasteiger partial charge in [0.15, 0.2) is 0 Å². The highest BCUT2D eigenvalue weighted by molar-refractivity contribution is 9.10. The molecule has 4 saturated heterocycles. The zero-order chi connectivity index (χ0) is 83.1. The molecule has 0 atom stereocenters. The molecule has 0 bridgehead atoms. The lowest BCUT2D eigenvalue weighted by Crippen LogP contribution is -2.35. The van der Waals surface area contributed by atoms with Crippen LogP contribution >= 0.6 is 15.9 Å². The van der Waals surface area contributed by atoms with Gasteiger partial charge in [-0.15, -0.1) is 0 Å². The van der Waals surface area contributed by atoms with Crippen molar-refractivity contribution in [2.75, 3.05) is 80.7 Å². The summed E-state index contributed by atoms with van der Waals surface area (Å²) in [6, 6.07) is 43.2. The highest BCUT2D eigenvalue weighted by Crippen LogP contribution is 2.43. The second-order valence-corrected chi connectivity index (χ2v) is 36.7. The van der Waals surface area contributed by atoms with Crippen LogP contribution < -0.4 is 47.3 Å². The van der Waals surface area contributed by atoms with Crippen molar-refractivity contribution in [1.82, 2.24) is 37.2 Å². The largest absolute Gasteiger partial charge is 0.497 e. The Kier molecular flexibility index (Phi) is 26.8. The molecule has 117 heavy (non-hydrogen) atoms. The number of methoxy groups -OCH3 is 1. The van der Waals surface area contributed by atoms with E-state index in [2.05, 4.69) is 58.5 Å². The number of halogens is 10. The Morgan fingerprint density at radius 1 is 0.359 bits per heavy atom. The number of aromatic nitrogens is 4. The fraction of sp³-hybridized carbons (Fsp3) is 0.317. The lowest BCUT2D eigenvalue weighted by Gasteiger charge is -2.25. The zero-order valence-electron chi connectivity index (χ0n) is 63.3. The van der Waals surface area contributed by atoms with Crippen molar-refractivity contribution in [2.45, 2.75) is 128 Å². The van der Waals surface area contributed by atoms with E-state index in [1.807, 2.05) is 6.92 Å². The van der Waals surface area contributed by atoms with Crippen molar-refractivity contribution < 1.29 is 77.9 Å². The molecule has 4 aliphatic rings. The topological polar surface area (TPSA) is 262 Å². The van der Waals surface area contributed by atoms with Gasteiger partial charge in [-0.05, 0) is 248 Å². The Balaban J connectivity index is 0.000000135. The Bertz CT molecular complexity index is 5800. The van der Waals surface area contributed by atoms with E-state index in [-0.39, 0.29) is 110 Å². The molecule has 12 aromatic rings. The second-order valence-electron chi connectivity index (χ2n) is 28.6. The first-order valence-electron chi connectivity index (χ1n) is 37.9. The lowest BCUT2D eigenvalue weighted by atomic mass is 10.0. The summed E-state index contributed by atoms with van der Waals surface area (Å²) in [5.74, 6) is -0.0731. The number of piperidine rings is 4. The average Bonchev–Trinajstić information content (AvgIpc) is 1.61. The minimum atomic E-state index is -4.17. The Morgan fingerprint density at radius 3 is 0.897 bits per heavy atom. The second kappa shape index (κ2) is 36.7. The molecule has 35 heteroatoms. The van der Waals surface area contributed by atoms with Crippen LogP contribution in [0.1, 0.15) is 105 Å². The summed E-state index contributed by atoms with van der Waals surface area (Å²) in [6.07, 6.45) is -0.250. The van der Waals surface area contributed by atoms with Crippen molar-refractivity contribution in [2.24, 2.45) is 0 Å². The molecule has 0 radical (unpaired) electrons. The number of ether oxygens (including phenoxy) is 1. The molecule has 0 aliphatic carbocycles. The Hall–Kier alpha value is -9.59. The number of nitrogens with one attached hydrogen (secondary N) is 8. The number of benzene rings is 8. The first-order valence-corrected chi connectivity index (χ1v) is 44.4. The third-order valence-corrected chi connectivity index (χ3v) is 28.7. The van der Waals surface area contributed by atoms with Crippen LogP contribution in [0.15, 0.2) is 219 Å². The van der Waals surface area contributed by atoms with Crippen LogP contribution in [-0.2, 0) is 40.1 Å². The average molecular weight is 1760 g/mol. The van der Waals surface area contributed by atoms with E-state index in [1.54, 1.807) is 97.1 Å². The monoisotopic (exact) mass is 1760 g/mol. The van der Waals surface area contributed by atoms with Crippen molar-refractivity contribution >= 4 is 122 Å². The third-order valence-electron chi connectivity index (χ3n) is 21.0. The van der Waals surface area contributed by atoms with Crippen LogP contribution in [0.3, 0.4) is 0 Å². The standard InChI is InChI=1S/C21H23F2N3O3S.C21H23F2N3O2S.C20H20BrF2N3O2S.C20H20F3N3O2S/c1-29-15-5-7-16(8-6-15)30(27,28)26-13-17(21(22)23)20-18(3-2-4-19(20)26)25-14-9-11-24-12-10-14;1-14-5-7-16(8-6-14)29(27,28)26-13-17(21(22)23)20-18(3-2-4-19(20)26)25-15-9-11-24-12-10-15;21-15-4-1-2-7-18(15)29(27,28)26-12-14(20(22)23)19-16(5-3-6-17(19)26)25-13-8-10-24-11-9-13;21-13-4-6-15(7-5-13)29(27,28)26-12-16(20(22)23)19-17(2-1-3-18(19)26)25-14-8-10-24-11-9-14/h2-8,13-14,21,24-25H,9-12H2,1H3;2-8,13,15,21,24-25H,9-12H2,1H3;1-7,12-13,20,24-25H,8-11H2;1-7,12,14,20,24-25H,8-11H2. The van der Waals surface area contributed by atoms with E-state index in [0.717, 1.165) is 174 Å². The number of aryl methyl sites for hydroxylation is 1. The number of alkyl halides is 8. The molecule has 16 rings (SSSR count). The van der Waals surface area contributed by atoms with Gasteiger partial charge in [0.25, 0.3) is 65.8 Å². The maximum atomic E-state index is 13.9. The molecule has 4 aromatic heterocycles. The van der Waals surface area contributed by atoms with Gasteiger partial charge in [0.1, 0.15) is 16.5 Å². The summed E-state index contributed by atoms with van der Waals surface area (Å²) in [4.78, 5) is -0.0852. The molecule has 8 N–H and O–H groups in total. The van der Waals surface area contributed by atoms with Crippen molar-refractivity contribution in [1.29, 1.82) is 0 Å². The van der Waals surface area contributed by atoms with Gasteiger partial charge in [-0.1, -0.05) is 54.1 Å². The summed E-state index contributed by atoms with van der Waals surface area (Å²) >= 11 is 3.25. The van der Waals surface area contributed by atoms with Crippen molar-refractivity contribution in [3.05, 3.63) is 233 Å². The molecule has 0 unspecified atom stereocenters. The van der Waals surface area contributed by atoms with E-state index >= 15 is 0 Å². The number of hydrogen-bond donors (Lipinski definition) is 8. The van der Waals surface area contributed by atoms with E-state index in [4.69, 9.17) is 4.74 Å². The normalized spacial score (nSPS) is 15.8. The van der Waals surface area contributed by atoms with Crippen LogP contribution in [0.2, 0.25) is 0 Å². The van der Waals surface area contributed by atoms with Gasteiger partial charge < -0.3 is 47.3 Å². The molecule has 8 heterocycles. The van der Waals surface area contributed by atoms with Gasteiger partial charge in [0, 0.05) is 120 Å². The summed E-state index contributed by atoms with van der Waals surface area (Å²) in [7, 11) is -14.8.